The number of hydrogen-bond acceptors (Lipinski definition) is 1. The molecular formula is C70H48N2. The fourth-order valence-corrected chi connectivity index (χ4v) is 13.3. The van der Waals surface area contributed by atoms with Crippen LogP contribution in [0, 0.1) is 0 Å². The fourth-order valence-electron chi connectivity index (χ4n) is 13.3. The van der Waals surface area contributed by atoms with Crippen LogP contribution in [0.5, 0.6) is 0 Å². The van der Waals surface area contributed by atoms with Gasteiger partial charge in [-0.25, -0.2) is 0 Å². The lowest BCUT2D eigenvalue weighted by molar-refractivity contribution is 0.660. The molecule has 0 bridgehead atoms. The van der Waals surface area contributed by atoms with Crippen molar-refractivity contribution in [3.05, 3.63) is 288 Å². The molecule has 338 valence electrons. The van der Waals surface area contributed by atoms with Crippen molar-refractivity contribution in [1.29, 1.82) is 0 Å². The van der Waals surface area contributed by atoms with Gasteiger partial charge >= 0.3 is 0 Å². The van der Waals surface area contributed by atoms with Crippen LogP contribution in [0.25, 0.3) is 83.1 Å². The Morgan fingerprint density at radius 1 is 0.333 bits per heavy atom. The number of para-hydroxylation sites is 2. The van der Waals surface area contributed by atoms with E-state index in [9.17, 15) is 0 Å². The van der Waals surface area contributed by atoms with Crippen molar-refractivity contribution in [2.45, 2.75) is 24.7 Å². The maximum absolute atomic E-state index is 2.50. The molecule has 0 N–H and O–H groups in total. The predicted octanol–water partition coefficient (Wildman–Crippen LogP) is 18.2. The topological polar surface area (TPSA) is 8.17 Å². The fraction of sp³-hybridized carbons (Fsp3) is 0.0571. The van der Waals surface area contributed by atoms with Gasteiger partial charge in [0, 0.05) is 38.8 Å². The molecule has 3 aliphatic carbocycles. The molecule has 1 aromatic heterocycles. The number of aromatic nitrogens is 1. The molecule has 0 saturated heterocycles. The first-order valence-electron chi connectivity index (χ1n) is 25.3. The molecule has 0 atom stereocenters. The number of fused-ring (bicyclic) bond motifs is 16. The van der Waals surface area contributed by atoms with E-state index in [1.165, 1.54) is 111 Å². The molecule has 11 aromatic carbocycles. The minimum atomic E-state index is -0.451. The summed E-state index contributed by atoms with van der Waals surface area (Å²) < 4.78 is 2.40. The zero-order chi connectivity index (χ0) is 47.7. The summed E-state index contributed by atoms with van der Waals surface area (Å²) in [4.78, 5) is 2.50. The Morgan fingerprint density at radius 3 is 1.51 bits per heavy atom. The summed E-state index contributed by atoms with van der Waals surface area (Å²) in [5.74, 6) is 0. The lowest BCUT2D eigenvalue weighted by Gasteiger charge is -2.32. The van der Waals surface area contributed by atoms with Gasteiger partial charge in [0.05, 0.1) is 22.1 Å². The maximum Gasteiger partial charge on any atom is 0.0726 e. The molecule has 1 heterocycles. The minimum Gasteiger partial charge on any atom is -0.310 e. The molecule has 0 radical (unpaired) electrons. The second kappa shape index (κ2) is 15.3. The van der Waals surface area contributed by atoms with Crippen LogP contribution < -0.4 is 4.90 Å². The normalized spacial score (nSPS) is 13.9. The van der Waals surface area contributed by atoms with Crippen molar-refractivity contribution in [3.63, 3.8) is 0 Å². The van der Waals surface area contributed by atoms with E-state index >= 15 is 0 Å². The first-order valence-corrected chi connectivity index (χ1v) is 25.3. The summed E-state index contributed by atoms with van der Waals surface area (Å²) in [5.41, 5.74) is 27.2. The standard InChI is InChI=1S/C70H48N2/c1-69(2)58-26-11-6-20-52(58)55-43-38-47(44-63(55)69)45-34-39-49(40-35-45)71(50-41-36-46(37-42-50)51-25-16-32-65-67(51)57-24-10-15-31-64(57)72(65)48-18-4-3-5-19-48)66-33-17-30-62-68(66)56-23-9-14-29-61(56)70(62)59-27-12-7-21-53(59)54-22-8-13-28-60(54)70/h3-44H,1-2H3. The van der Waals surface area contributed by atoms with E-state index in [2.05, 4.69) is 278 Å². The van der Waals surface area contributed by atoms with Gasteiger partial charge < -0.3 is 9.47 Å². The molecule has 15 rings (SSSR count). The van der Waals surface area contributed by atoms with Crippen LogP contribution in [0.3, 0.4) is 0 Å². The van der Waals surface area contributed by atoms with E-state index in [4.69, 9.17) is 0 Å². The van der Waals surface area contributed by atoms with Crippen molar-refractivity contribution in [2.24, 2.45) is 0 Å². The summed E-state index contributed by atoms with van der Waals surface area (Å²) in [6.45, 7) is 4.72. The van der Waals surface area contributed by atoms with Gasteiger partial charge in [-0.05, 0) is 144 Å². The molecule has 3 aliphatic rings. The van der Waals surface area contributed by atoms with E-state index in [0.29, 0.717) is 0 Å². The second-order valence-corrected chi connectivity index (χ2v) is 20.3. The first-order chi connectivity index (χ1) is 35.5. The van der Waals surface area contributed by atoms with Gasteiger partial charge in [-0.15, -0.1) is 0 Å². The number of anilines is 3. The average molecular weight is 917 g/mol. The van der Waals surface area contributed by atoms with E-state index in [1.54, 1.807) is 0 Å². The SMILES string of the molecule is CC1(C)c2ccccc2-c2ccc(-c3ccc(N(c4ccc(-c5cccc6c5c5ccccc5n6-c5ccccc5)cc4)c4cccc5c4-c4ccccc4C54c5ccccc5-c5ccccc54)cc3)cc21. The van der Waals surface area contributed by atoms with Gasteiger partial charge in [-0.3, -0.25) is 0 Å². The number of rotatable bonds is 6. The Kier molecular flexibility index (Phi) is 8.66. The van der Waals surface area contributed by atoms with Crippen molar-refractivity contribution >= 4 is 38.9 Å². The highest BCUT2D eigenvalue weighted by Gasteiger charge is 2.52. The minimum absolute atomic E-state index is 0.0724. The van der Waals surface area contributed by atoms with Crippen LogP contribution in [-0.4, -0.2) is 4.57 Å². The largest absolute Gasteiger partial charge is 0.310 e. The molecule has 0 aliphatic heterocycles. The third kappa shape index (κ3) is 5.55. The van der Waals surface area contributed by atoms with Crippen molar-refractivity contribution in [2.75, 3.05) is 4.90 Å². The maximum atomic E-state index is 2.50. The molecule has 2 nitrogen and oxygen atoms in total. The van der Waals surface area contributed by atoms with E-state index < -0.39 is 5.41 Å². The van der Waals surface area contributed by atoms with Crippen LogP contribution >= 0.6 is 0 Å². The molecular weight excluding hydrogens is 869 g/mol. The summed E-state index contributed by atoms with van der Waals surface area (Å²) >= 11 is 0. The van der Waals surface area contributed by atoms with Crippen molar-refractivity contribution in [1.82, 2.24) is 4.57 Å². The molecule has 2 heteroatoms. The predicted molar refractivity (Wildman–Crippen MR) is 300 cm³/mol. The summed E-state index contributed by atoms with van der Waals surface area (Å²) in [7, 11) is 0. The van der Waals surface area contributed by atoms with Crippen molar-refractivity contribution < 1.29 is 0 Å². The number of nitrogens with zero attached hydrogens (tertiary/aromatic N) is 2. The lowest BCUT2D eigenvalue weighted by atomic mass is 9.70. The molecule has 12 aromatic rings. The van der Waals surface area contributed by atoms with E-state index in [0.717, 1.165) is 22.7 Å². The van der Waals surface area contributed by atoms with Gasteiger partial charge in [0.2, 0.25) is 0 Å². The number of benzene rings is 11. The van der Waals surface area contributed by atoms with Crippen LogP contribution in [0.4, 0.5) is 17.1 Å². The van der Waals surface area contributed by atoms with Gasteiger partial charge in [0.15, 0.2) is 0 Å². The van der Waals surface area contributed by atoms with Gasteiger partial charge in [0.25, 0.3) is 0 Å². The summed E-state index contributed by atoms with van der Waals surface area (Å²) in [5, 5.41) is 2.51. The third-order valence-electron chi connectivity index (χ3n) is 16.4. The zero-order valence-corrected chi connectivity index (χ0v) is 40.1. The van der Waals surface area contributed by atoms with Crippen LogP contribution in [0.1, 0.15) is 47.2 Å². The Hall–Kier alpha value is -8.98. The molecule has 0 fully saturated rings. The smallest absolute Gasteiger partial charge is 0.0726 e. The lowest BCUT2D eigenvalue weighted by Crippen LogP contribution is -2.26. The zero-order valence-electron chi connectivity index (χ0n) is 40.1. The van der Waals surface area contributed by atoms with Gasteiger partial charge in [-0.1, -0.05) is 208 Å². The third-order valence-corrected chi connectivity index (χ3v) is 16.4. The second-order valence-electron chi connectivity index (χ2n) is 20.3. The van der Waals surface area contributed by atoms with Crippen molar-refractivity contribution in [3.8, 4) is 61.3 Å². The van der Waals surface area contributed by atoms with Crippen LogP contribution in [0.15, 0.2) is 255 Å². The number of hydrogen-bond donors (Lipinski definition) is 0. The van der Waals surface area contributed by atoms with Crippen LogP contribution in [-0.2, 0) is 10.8 Å². The highest BCUT2D eigenvalue weighted by molar-refractivity contribution is 6.16. The monoisotopic (exact) mass is 916 g/mol. The highest BCUT2D eigenvalue weighted by atomic mass is 15.1. The molecule has 72 heavy (non-hydrogen) atoms. The quantitative estimate of drug-likeness (QED) is 0.161. The van der Waals surface area contributed by atoms with Gasteiger partial charge in [-0.2, -0.15) is 0 Å². The van der Waals surface area contributed by atoms with Crippen LogP contribution in [0.2, 0.25) is 0 Å². The molecule has 0 saturated carbocycles. The van der Waals surface area contributed by atoms with E-state index in [1.807, 2.05) is 0 Å². The highest BCUT2D eigenvalue weighted by Crippen LogP contribution is 2.64. The molecule has 1 spiro atoms. The molecule has 0 amide bonds. The Balaban J connectivity index is 0.914. The Labute approximate surface area is 420 Å². The first kappa shape index (κ1) is 40.9. The van der Waals surface area contributed by atoms with Gasteiger partial charge in [0.1, 0.15) is 0 Å². The van der Waals surface area contributed by atoms with E-state index in [-0.39, 0.29) is 5.41 Å². The average Bonchev–Trinajstić information content (AvgIpc) is 4.12. The molecule has 0 unspecified atom stereocenters. The summed E-state index contributed by atoms with van der Waals surface area (Å²) in [6, 6.07) is 95.2. The summed E-state index contributed by atoms with van der Waals surface area (Å²) in [6.07, 6.45) is 0. The Bertz CT molecular complexity index is 4130. The Morgan fingerprint density at radius 2 is 0.819 bits per heavy atom.